The molecule has 1 heterocycles. The topological polar surface area (TPSA) is 69.8 Å². The van der Waals surface area contributed by atoms with E-state index in [1.807, 2.05) is 29.2 Å². The first-order valence-corrected chi connectivity index (χ1v) is 7.12. The summed E-state index contributed by atoms with van der Waals surface area (Å²) in [6.07, 6.45) is 0.449. The molecule has 0 spiro atoms. The summed E-state index contributed by atoms with van der Waals surface area (Å²) < 4.78 is 0. The monoisotopic (exact) mass is 277 g/mol. The fourth-order valence-electron chi connectivity index (χ4n) is 2.44. The minimum absolute atomic E-state index is 0.175. The van der Waals surface area contributed by atoms with Crippen LogP contribution in [0.3, 0.4) is 0 Å². The number of nitrogens with two attached hydrogens (primary N) is 1. The van der Waals surface area contributed by atoms with Crippen molar-refractivity contribution in [1.82, 2.24) is 9.80 Å². The summed E-state index contributed by atoms with van der Waals surface area (Å²) >= 11 is 0. The largest absolute Gasteiger partial charge is 0.395 e. The van der Waals surface area contributed by atoms with Gasteiger partial charge in [0.15, 0.2) is 0 Å². The minimum atomic E-state index is 0.175. The van der Waals surface area contributed by atoms with Crippen LogP contribution in [-0.2, 0) is 17.8 Å². The number of hydrogen-bond acceptors (Lipinski definition) is 4. The van der Waals surface area contributed by atoms with E-state index in [0.29, 0.717) is 19.5 Å². The Hall–Kier alpha value is -1.43. The maximum absolute atomic E-state index is 12.2. The lowest BCUT2D eigenvalue weighted by Gasteiger charge is -2.34. The second kappa shape index (κ2) is 7.38. The number of β-amino-alcohol motifs (C(OH)–C–C–N with tert-alkyl or cyclic N) is 1. The molecule has 5 heteroatoms. The average Bonchev–Trinajstić information content (AvgIpc) is 2.49. The molecule has 0 saturated carbocycles. The van der Waals surface area contributed by atoms with Crippen molar-refractivity contribution in [2.24, 2.45) is 5.73 Å². The SMILES string of the molecule is NCc1ccc(CC(=O)N2CCN(CCO)CC2)cc1. The second-order valence-corrected chi connectivity index (χ2v) is 5.14. The number of nitrogens with zero attached hydrogens (tertiary/aromatic N) is 2. The van der Waals surface area contributed by atoms with Gasteiger partial charge in [0.25, 0.3) is 0 Å². The predicted molar refractivity (Wildman–Crippen MR) is 78.1 cm³/mol. The Morgan fingerprint density at radius 1 is 1.10 bits per heavy atom. The number of hydrogen-bond donors (Lipinski definition) is 2. The summed E-state index contributed by atoms with van der Waals surface area (Å²) in [5.41, 5.74) is 7.67. The Balaban J connectivity index is 1.83. The fraction of sp³-hybridized carbons (Fsp3) is 0.533. The molecule has 1 amide bonds. The molecule has 1 aliphatic heterocycles. The molecule has 0 radical (unpaired) electrons. The van der Waals surface area contributed by atoms with E-state index >= 15 is 0 Å². The van der Waals surface area contributed by atoms with Crippen molar-refractivity contribution < 1.29 is 9.90 Å². The van der Waals surface area contributed by atoms with Gasteiger partial charge >= 0.3 is 0 Å². The van der Waals surface area contributed by atoms with Crippen molar-refractivity contribution >= 4 is 5.91 Å². The van der Waals surface area contributed by atoms with Gasteiger partial charge in [0.1, 0.15) is 0 Å². The lowest BCUT2D eigenvalue weighted by molar-refractivity contribution is -0.132. The van der Waals surface area contributed by atoms with Gasteiger partial charge in [0, 0.05) is 39.3 Å². The number of amides is 1. The number of piperazine rings is 1. The Kier molecular flexibility index (Phi) is 5.52. The molecule has 20 heavy (non-hydrogen) atoms. The molecule has 2 rings (SSSR count). The molecule has 0 aliphatic carbocycles. The van der Waals surface area contributed by atoms with Crippen LogP contribution in [0.15, 0.2) is 24.3 Å². The summed E-state index contributed by atoms with van der Waals surface area (Å²) in [6.45, 7) is 4.60. The summed E-state index contributed by atoms with van der Waals surface area (Å²) in [6, 6.07) is 7.90. The van der Waals surface area contributed by atoms with E-state index in [1.54, 1.807) is 0 Å². The predicted octanol–water partition coefficient (Wildman–Crippen LogP) is -0.176. The lowest BCUT2D eigenvalue weighted by Crippen LogP contribution is -2.49. The molecule has 1 saturated heterocycles. The van der Waals surface area contributed by atoms with Crippen LogP contribution in [0.25, 0.3) is 0 Å². The van der Waals surface area contributed by atoms with Crippen molar-refractivity contribution in [3.63, 3.8) is 0 Å². The molecule has 5 nitrogen and oxygen atoms in total. The van der Waals surface area contributed by atoms with Gasteiger partial charge in [-0.3, -0.25) is 9.69 Å². The maximum Gasteiger partial charge on any atom is 0.227 e. The molecule has 0 aromatic heterocycles. The van der Waals surface area contributed by atoms with Gasteiger partial charge in [-0.25, -0.2) is 0 Å². The molecule has 1 aromatic rings. The highest BCUT2D eigenvalue weighted by Gasteiger charge is 2.20. The summed E-state index contributed by atoms with van der Waals surface area (Å²) in [7, 11) is 0. The van der Waals surface area contributed by atoms with Crippen LogP contribution in [0.5, 0.6) is 0 Å². The Labute approximate surface area is 120 Å². The Bertz CT molecular complexity index is 425. The number of rotatable bonds is 5. The van der Waals surface area contributed by atoms with Crippen LogP contribution in [0.2, 0.25) is 0 Å². The first-order chi connectivity index (χ1) is 9.72. The molecule has 3 N–H and O–H groups in total. The number of benzene rings is 1. The molecule has 0 bridgehead atoms. The fourth-order valence-corrected chi connectivity index (χ4v) is 2.44. The van der Waals surface area contributed by atoms with Crippen molar-refractivity contribution in [3.05, 3.63) is 35.4 Å². The third-order valence-corrected chi connectivity index (χ3v) is 3.76. The van der Waals surface area contributed by atoms with Gasteiger partial charge in [-0.1, -0.05) is 24.3 Å². The lowest BCUT2D eigenvalue weighted by atomic mass is 10.1. The third kappa shape index (κ3) is 4.03. The maximum atomic E-state index is 12.2. The molecule has 110 valence electrons. The number of carbonyl (C=O) groups excluding carboxylic acids is 1. The van der Waals surface area contributed by atoms with Gasteiger partial charge in [-0.15, -0.1) is 0 Å². The average molecular weight is 277 g/mol. The molecular weight excluding hydrogens is 254 g/mol. The third-order valence-electron chi connectivity index (χ3n) is 3.76. The van der Waals surface area contributed by atoms with Crippen LogP contribution in [0.4, 0.5) is 0 Å². The number of aliphatic hydroxyl groups is 1. The highest BCUT2D eigenvalue weighted by molar-refractivity contribution is 5.78. The van der Waals surface area contributed by atoms with Crippen LogP contribution in [0, 0.1) is 0 Å². The molecular formula is C15H23N3O2. The van der Waals surface area contributed by atoms with Crippen LogP contribution < -0.4 is 5.73 Å². The van der Waals surface area contributed by atoms with Crippen molar-refractivity contribution in [1.29, 1.82) is 0 Å². The van der Waals surface area contributed by atoms with E-state index in [0.717, 1.165) is 37.3 Å². The van der Waals surface area contributed by atoms with E-state index in [9.17, 15) is 4.79 Å². The van der Waals surface area contributed by atoms with E-state index in [1.165, 1.54) is 0 Å². The van der Waals surface area contributed by atoms with Crippen LogP contribution in [-0.4, -0.2) is 60.1 Å². The van der Waals surface area contributed by atoms with Gasteiger partial charge in [-0.2, -0.15) is 0 Å². The van der Waals surface area contributed by atoms with E-state index < -0.39 is 0 Å². The quantitative estimate of drug-likeness (QED) is 0.783. The summed E-state index contributed by atoms with van der Waals surface area (Å²) in [5, 5.41) is 8.90. The van der Waals surface area contributed by atoms with Gasteiger partial charge in [0.05, 0.1) is 13.0 Å². The van der Waals surface area contributed by atoms with E-state index in [-0.39, 0.29) is 12.5 Å². The molecule has 1 aromatic carbocycles. The first-order valence-electron chi connectivity index (χ1n) is 7.12. The zero-order chi connectivity index (χ0) is 14.4. The standard InChI is InChI=1S/C15H23N3O2/c16-12-14-3-1-13(2-4-14)11-15(20)18-7-5-17(6-8-18)9-10-19/h1-4,19H,5-12,16H2. The zero-order valence-corrected chi connectivity index (χ0v) is 11.8. The van der Waals surface area contributed by atoms with Gasteiger partial charge in [0.2, 0.25) is 5.91 Å². The molecule has 1 aliphatic rings. The highest BCUT2D eigenvalue weighted by Crippen LogP contribution is 2.08. The smallest absolute Gasteiger partial charge is 0.227 e. The molecule has 0 unspecified atom stereocenters. The van der Waals surface area contributed by atoms with Gasteiger partial charge < -0.3 is 15.7 Å². The first kappa shape index (κ1) is 15.0. The van der Waals surface area contributed by atoms with Crippen molar-refractivity contribution in [2.75, 3.05) is 39.3 Å². The molecule has 1 fully saturated rings. The highest BCUT2D eigenvalue weighted by atomic mass is 16.3. The van der Waals surface area contributed by atoms with E-state index in [2.05, 4.69) is 4.90 Å². The van der Waals surface area contributed by atoms with E-state index in [4.69, 9.17) is 10.8 Å². The minimum Gasteiger partial charge on any atom is -0.395 e. The normalized spacial score (nSPS) is 16.4. The van der Waals surface area contributed by atoms with Gasteiger partial charge in [-0.05, 0) is 11.1 Å². The van der Waals surface area contributed by atoms with Crippen LogP contribution in [0.1, 0.15) is 11.1 Å². The van der Waals surface area contributed by atoms with Crippen LogP contribution >= 0.6 is 0 Å². The summed E-state index contributed by atoms with van der Waals surface area (Å²) in [5.74, 6) is 0.175. The second-order valence-electron chi connectivity index (χ2n) is 5.14. The number of aliphatic hydroxyl groups excluding tert-OH is 1. The molecule has 0 atom stereocenters. The van der Waals surface area contributed by atoms with Crippen molar-refractivity contribution in [3.8, 4) is 0 Å². The summed E-state index contributed by atoms with van der Waals surface area (Å²) in [4.78, 5) is 16.3. The number of carbonyl (C=O) groups is 1. The zero-order valence-electron chi connectivity index (χ0n) is 11.8. The Morgan fingerprint density at radius 3 is 2.25 bits per heavy atom. The van der Waals surface area contributed by atoms with Crippen molar-refractivity contribution in [2.45, 2.75) is 13.0 Å². The Morgan fingerprint density at radius 2 is 1.70 bits per heavy atom.